The molecule has 0 saturated carbocycles. The summed E-state index contributed by atoms with van der Waals surface area (Å²) in [7, 11) is 0. The Hall–Kier alpha value is -0.380. The zero-order valence-electron chi connectivity index (χ0n) is 8.86. The average molecular weight is 213 g/mol. The fourth-order valence-corrected chi connectivity index (χ4v) is 1.98. The van der Waals surface area contributed by atoms with Crippen LogP contribution in [0.3, 0.4) is 0 Å². The van der Waals surface area contributed by atoms with Crippen molar-refractivity contribution in [2.24, 2.45) is 0 Å². The minimum atomic E-state index is -0.299. The number of hydrogen-bond donors (Lipinski definition) is 2. The maximum atomic E-state index is 9.77. The molecule has 2 nitrogen and oxygen atoms in total. The molecule has 1 rings (SSSR count). The summed E-state index contributed by atoms with van der Waals surface area (Å²) in [6, 6.07) is 4.51. The Balaban J connectivity index is 2.19. The molecule has 2 unspecified atom stereocenters. The molecule has 0 radical (unpaired) electrons. The van der Waals surface area contributed by atoms with Gasteiger partial charge in [0.1, 0.15) is 0 Å². The van der Waals surface area contributed by atoms with Crippen LogP contribution in [0.4, 0.5) is 0 Å². The topological polar surface area (TPSA) is 32.3 Å². The summed E-state index contributed by atoms with van der Waals surface area (Å²) >= 11 is 1.62. The zero-order valence-corrected chi connectivity index (χ0v) is 9.68. The van der Waals surface area contributed by atoms with Gasteiger partial charge in [0.15, 0.2) is 0 Å². The number of aliphatic hydroxyl groups is 1. The first kappa shape index (κ1) is 11.7. The van der Waals surface area contributed by atoms with Crippen LogP contribution in [0.15, 0.2) is 17.5 Å². The molecule has 1 aromatic rings. The van der Waals surface area contributed by atoms with Crippen LogP contribution in [0.25, 0.3) is 0 Å². The summed E-state index contributed by atoms with van der Waals surface area (Å²) < 4.78 is 0. The quantitative estimate of drug-likeness (QED) is 0.761. The van der Waals surface area contributed by atoms with Crippen molar-refractivity contribution in [2.75, 3.05) is 6.54 Å². The van der Waals surface area contributed by atoms with Crippen molar-refractivity contribution >= 4 is 11.3 Å². The van der Waals surface area contributed by atoms with E-state index in [1.165, 1.54) is 0 Å². The third-order valence-electron chi connectivity index (χ3n) is 2.39. The molecule has 0 spiro atoms. The third kappa shape index (κ3) is 3.78. The van der Waals surface area contributed by atoms with E-state index in [2.05, 4.69) is 19.2 Å². The molecule has 0 aliphatic heterocycles. The summed E-state index contributed by atoms with van der Waals surface area (Å²) in [6.07, 6.45) is 1.63. The van der Waals surface area contributed by atoms with Crippen LogP contribution < -0.4 is 5.32 Å². The largest absolute Gasteiger partial charge is 0.388 e. The summed E-state index contributed by atoms with van der Waals surface area (Å²) in [5.41, 5.74) is 0. The molecule has 2 atom stereocenters. The fraction of sp³-hybridized carbons (Fsp3) is 0.636. The minimum Gasteiger partial charge on any atom is -0.388 e. The normalized spacial score (nSPS) is 15.4. The van der Waals surface area contributed by atoms with Gasteiger partial charge in [-0.05, 0) is 37.8 Å². The number of hydrogen-bond acceptors (Lipinski definition) is 3. The van der Waals surface area contributed by atoms with Gasteiger partial charge in [0, 0.05) is 10.9 Å². The lowest BCUT2D eigenvalue weighted by Crippen LogP contribution is -2.27. The number of thiophene rings is 1. The molecule has 1 aromatic heterocycles. The molecule has 14 heavy (non-hydrogen) atoms. The highest BCUT2D eigenvalue weighted by Crippen LogP contribution is 2.20. The zero-order chi connectivity index (χ0) is 10.4. The highest BCUT2D eigenvalue weighted by Gasteiger charge is 2.08. The number of aliphatic hydroxyl groups excluding tert-OH is 1. The second kappa shape index (κ2) is 6.17. The summed E-state index contributed by atoms with van der Waals surface area (Å²) in [5, 5.41) is 15.1. The monoisotopic (exact) mass is 213 g/mol. The van der Waals surface area contributed by atoms with Crippen molar-refractivity contribution in [1.29, 1.82) is 0 Å². The molecule has 0 aliphatic carbocycles. The molecule has 0 aromatic carbocycles. The van der Waals surface area contributed by atoms with Gasteiger partial charge in [-0.25, -0.2) is 0 Å². The lowest BCUT2D eigenvalue weighted by atomic mass is 10.2. The van der Waals surface area contributed by atoms with Gasteiger partial charge >= 0.3 is 0 Å². The molecular formula is C11H19NOS. The van der Waals surface area contributed by atoms with Crippen molar-refractivity contribution in [2.45, 2.75) is 38.8 Å². The molecule has 1 heterocycles. The Morgan fingerprint density at radius 1 is 1.57 bits per heavy atom. The van der Waals surface area contributed by atoms with E-state index in [0.717, 1.165) is 24.3 Å². The Bertz CT molecular complexity index is 235. The van der Waals surface area contributed by atoms with E-state index in [4.69, 9.17) is 0 Å². The predicted octanol–water partition coefficient (Wildman–Crippen LogP) is 2.56. The summed E-state index contributed by atoms with van der Waals surface area (Å²) in [6.45, 7) is 5.21. The Labute approximate surface area is 90.0 Å². The lowest BCUT2D eigenvalue weighted by Gasteiger charge is -2.13. The molecule has 2 N–H and O–H groups in total. The molecule has 0 bridgehead atoms. The fourth-order valence-electron chi connectivity index (χ4n) is 1.23. The molecular weight excluding hydrogens is 194 g/mol. The van der Waals surface area contributed by atoms with E-state index < -0.39 is 0 Å². The van der Waals surface area contributed by atoms with Gasteiger partial charge in [-0.1, -0.05) is 13.0 Å². The molecule has 0 amide bonds. The van der Waals surface area contributed by atoms with Crippen LogP contribution in [0.5, 0.6) is 0 Å². The number of rotatable bonds is 6. The van der Waals surface area contributed by atoms with Crippen LogP contribution in [0.1, 0.15) is 37.7 Å². The highest BCUT2D eigenvalue weighted by molar-refractivity contribution is 7.10. The van der Waals surface area contributed by atoms with Gasteiger partial charge in [-0.15, -0.1) is 11.3 Å². The lowest BCUT2D eigenvalue weighted by molar-refractivity contribution is 0.169. The molecule has 0 saturated heterocycles. The summed E-state index contributed by atoms with van der Waals surface area (Å²) in [5.74, 6) is 0. The smallest absolute Gasteiger partial charge is 0.0894 e. The predicted molar refractivity (Wildman–Crippen MR) is 61.7 cm³/mol. The van der Waals surface area contributed by atoms with Crippen LogP contribution in [-0.4, -0.2) is 17.7 Å². The van der Waals surface area contributed by atoms with E-state index in [1.807, 2.05) is 17.5 Å². The van der Waals surface area contributed by atoms with Gasteiger partial charge in [0.2, 0.25) is 0 Å². The summed E-state index contributed by atoms with van der Waals surface area (Å²) in [4.78, 5) is 1.07. The van der Waals surface area contributed by atoms with E-state index in [-0.39, 0.29) is 6.10 Å². The molecule has 80 valence electrons. The maximum Gasteiger partial charge on any atom is 0.0894 e. The SMILES string of the molecule is CCC(C)NCCC(O)c1cccs1. The third-order valence-corrected chi connectivity index (χ3v) is 3.37. The first-order valence-electron chi connectivity index (χ1n) is 5.19. The highest BCUT2D eigenvalue weighted by atomic mass is 32.1. The van der Waals surface area contributed by atoms with Gasteiger partial charge < -0.3 is 10.4 Å². The second-order valence-corrected chi connectivity index (χ2v) is 4.56. The Morgan fingerprint density at radius 2 is 2.36 bits per heavy atom. The van der Waals surface area contributed by atoms with E-state index in [0.29, 0.717) is 6.04 Å². The second-order valence-electron chi connectivity index (χ2n) is 3.58. The maximum absolute atomic E-state index is 9.77. The molecule has 0 aliphatic rings. The van der Waals surface area contributed by atoms with Crippen molar-refractivity contribution in [3.8, 4) is 0 Å². The van der Waals surface area contributed by atoms with Crippen molar-refractivity contribution < 1.29 is 5.11 Å². The van der Waals surface area contributed by atoms with Crippen molar-refractivity contribution in [3.63, 3.8) is 0 Å². The molecule has 0 fully saturated rings. The standard InChI is InChI=1S/C11H19NOS/c1-3-9(2)12-7-6-10(13)11-5-4-8-14-11/h4-5,8-10,12-13H,3,6-7H2,1-2H3. The number of nitrogens with one attached hydrogen (secondary N) is 1. The Kier molecular flexibility index (Phi) is 5.15. The first-order chi connectivity index (χ1) is 6.74. The van der Waals surface area contributed by atoms with E-state index >= 15 is 0 Å². The van der Waals surface area contributed by atoms with Gasteiger partial charge in [0.05, 0.1) is 6.10 Å². The average Bonchev–Trinajstić information content (AvgIpc) is 2.70. The Morgan fingerprint density at radius 3 is 2.93 bits per heavy atom. The van der Waals surface area contributed by atoms with Crippen LogP contribution in [0, 0.1) is 0 Å². The van der Waals surface area contributed by atoms with Crippen LogP contribution in [0.2, 0.25) is 0 Å². The van der Waals surface area contributed by atoms with E-state index in [1.54, 1.807) is 11.3 Å². The first-order valence-corrected chi connectivity index (χ1v) is 6.06. The van der Waals surface area contributed by atoms with Gasteiger partial charge in [0.25, 0.3) is 0 Å². The van der Waals surface area contributed by atoms with Crippen molar-refractivity contribution in [3.05, 3.63) is 22.4 Å². The minimum absolute atomic E-state index is 0.299. The van der Waals surface area contributed by atoms with Crippen molar-refractivity contribution in [1.82, 2.24) is 5.32 Å². The van der Waals surface area contributed by atoms with E-state index in [9.17, 15) is 5.11 Å². The van der Waals surface area contributed by atoms with Gasteiger partial charge in [-0.2, -0.15) is 0 Å². The molecule has 3 heteroatoms. The van der Waals surface area contributed by atoms with Crippen LogP contribution in [-0.2, 0) is 0 Å². The van der Waals surface area contributed by atoms with Crippen LogP contribution >= 0.6 is 11.3 Å². The van der Waals surface area contributed by atoms with Gasteiger partial charge in [-0.3, -0.25) is 0 Å².